The average molecular weight is 431 g/mol. The number of hydrogen-bond donors (Lipinski definition) is 3. The Kier molecular flexibility index (Phi) is 6.81. The Morgan fingerprint density at radius 2 is 1.89 bits per heavy atom. The topological polar surface area (TPSA) is 81.7 Å². The number of carboxylic acids is 1. The normalized spacial score (nSPS) is 17.7. The van der Waals surface area contributed by atoms with Gasteiger partial charge in [-0.25, -0.2) is 9.59 Å². The van der Waals surface area contributed by atoms with Crippen molar-refractivity contribution >= 4 is 59.0 Å². The molecule has 1 aliphatic heterocycles. The van der Waals surface area contributed by atoms with Crippen LogP contribution in [0, 0.1) is 0 Å². The molecule has 1 heterocycles. The van der Waals surface area contributed by atoms with E-state index >= 15 is 0 Å². The van der Waals surface area contributed by atoms with Gasteiger partial charge in [0.05, 0.1) is 6.04 Å². The van der Waals surface area contributed by atoms with E-state index in [0.29, 0.717) is 27.0 Å². The molecular formula is C18H18Cl3N3O3. The summed E-state index contributed by atoms with van der Waals surface area (Å²) >= 11 is 12.4. The Hall–Kier alpha value is -2.15. The van der Waals surface area contributed by atoms with Gasteiger partial charge in [-0.3, -0.25) is 0 Å². The number of hydrogen-bond acceptors (Lipinski definition) is 3. The maximum Gasteiger partial charge on any atom is 0.326 e. The van der Waals surface area contributed by atoms with E-state index in [1.54, 1.807) is 31.3 Å². The minimum Gasteiger partial charge on any atom is -0.480 e. The van der Waals surface area contributed by atoms with Gasteiger partial charge in [0.2, 0.25) is 0 Å². The number of carboxylic acid groups (broad SMARTS) is 1. The first-order chi connectivity index (χ1) is 12.4. The molecule has 0 radical (unpaired) electrons. The number of anilines is 2. The number of amides is 2. The van der Waals surface area contributed by atoms with Gasteiger partial charge in [0.25, 0.3) is 0 Å². The average Bonchev–Trinajstić information content (AvgIpc) is 2.60. The lowest BCUT2D eigenvalue weighted by Gasteiger charge is -2.37. The van der Waals surface area contributed by atoms with Crippen molar-refractivity contribution in [3.63, 3.8) is 0 Å². The summed E-state index contributed by atoms with van der Waals surface area (Å²) in [4.78, 5) is 25.6. The maximum absolute atomic E-state index is 12.7. The quantitative estimate of drug-likeness (QED) is 0.647. The van der Waals surface area contributed by atoms with E-state index < -0.39 is 18.1 Å². The fraction of sp³-hybridized carbons (Fsp3) is 0.222. The first-order valence-electron chi connectivity index (χ1n) is 7.94. The van der Waals surface area contributed by atoms with Crippen molar-refractivity contribution in [3.05, 3.63) is 58.1 Å². The summed E-state index contributed by atoms with van der Waals surface area (Å²) in [5, 5.41) is 15.9. The van der Waals surface area contributed by atoms with E-state index in [-0.39, 0.29) is 24.9 Å². The molecule has 9 heteroatoms. The van der Waals surface area contributed by atoms with Gasteiger partial charge in [0.1, 0.15) is 6.04 Å². The smallest absolute Gasteiger partial charge is 0.326 e. The van der Waals surface area contributed by atoms with Crippen LogP contribution in [0.2, 0.25) is 10.0 Å². The van der Waals surface area contributed by atoms with Crippen molar-refractivity contribution in [3.8, 4) is 0 Å². The van der Waals surface area contributed by atoms with Crippen LogP contribution < -0.4 is 10.6 Å². The van der Waals surface area contributed by atoms with Crippen molar-refractivity contribution in [1.29, 1.82) is 0 Å². The van der Waals surface area contributed by atoms with Gasteiger partial charge < -0.3 is 20.6 Å². The highest BCUT2D eigenvalue weighted by Crippen LogP contribution is 2.42. The Balaban J connectivity index is 0.00000261. The summed E-state index contributed by atoms with van der Waals surface area (Å²) in [7, 11) is 1.61. The zero-order chi connectivity index (χ0) is 18.8. The SMILES string of the molecule is CN(C(=O)Nc1ccccc1)C1CC(C(=O)O)Nc2cc(Cl)cc(Cl)c21.Cl. The molecule has 0 fully saturated rings. The van der Waals surface area contributed by atoms with Crippen LogP contribution in [0.1, 0.15) is 18.0 Å². The van der Waals surface area contributed by atoms with Gasteiger partial charge in [-0.05, 0) is 24.3 Å². The van der Waals surface area contributed by atoms with E-state index in [1.807, 2.05) is 18.2 Å². The number of halogens is 3. The number of aliphatic carboxylic acids is 1. The predicted molar refractivity (Wildman–Crippen MR) is 109 cm³/mol. The van der Waals surface area contributed by atoms with Crippen LogP contribution in [0.3, 0.4) is 0 Å². The number of benzene rings is 2. The zero-order valence-corrected chi connectivity index (χ0v) is 16.6. The van der Waals surface area contributed by atoms with Crippen LogP contribution in [0.5, 0.6) is 0 Å². The molecule has 0 saturated heterocycles. The van der Waals surface area contributed by atoms with E-state index in [9.17, 15) is 14.7 Å². The van der Waals surface area contributed by atoms with E-state index in [0.717, 1.165) is 0 Å². The molecule has 2 amide bonds. The predicted octanol–water partition coefficient (Wildman–Crippen LogP) is 4.89. The number of fused-ring (bicyclic) bond motifs is 1. The second-order valence-electron chi connectivity index (χ2n) is 6.04. The van der Waals surface area contributed by atoms with Gasteiger partial charge in [-0.2, -0.15) is 0 Å². The summed E-state index contributed by atoms with van der Waals surface area (Å²) < 4.78 is 0. The molecule has 2 aromatic carbocycles. The molecule has 6 nitrogen and oxygen atoms in total. The van der Waals surface area contributed by atoms with Crippen molar-refractivity contribution in [2.24, 2.45) is 0 Å². The molecule has 0 saturated carbocycles. The molecule has 27 heavy (non-hydrogen) atoms. The van der Waals surface area contributed by atoms with Crippen molar-refractivity contribution in [1.82, 2.24) is 4.90 Å². The van der Waals surface area contributed by atoms with Crippen LogP contribution in [0.25, 0.3) is 0 Å². The van der Waals surface area contributed by atoms with Gasteiger partial charge in [0, 0.05) is 40.5 Å². The largest absolute Gasteiger partial charge is 0.480 e. The molecule has 1 aliphatic rings. The number of carbonyl (C=O) groups excluding carboxylic acids is 1. The van der Waals surface area contributed by atoms with Crippen LogP contribution >= 0.6 is 35.6 Å². The van der Waals surface area contributed by atoms with Gasteiger partial charge >= 0.3 is 12.0 Å². The minimum absolute atomic E-state index is 0. The molecule has 144 valence electrons. The lowest BCUT2D eigenvalue weighted by Crippen LogP contribution is -2.43. The molecule has 2 atom stereocenters. The Labute approximate surface area is 172 Å². The van der Waals surface area contributed by atoms with Crippen molar-refractivity contribution in [2.75, 3.05) is 17.7 Å². The number of carbonyl (C=O) groups is 2. The number of para-hydroxylation sites is 1. The second kappa shape index (κ2) is 8.69. The highest BCUT2D eigenvalue weighted by molar-refractivity contribution is 6.35. The number of rotatable bonds is 3. The van der Waals surface area contributed by atoms with Crippen LogP contribution in [-0.4, -0.2) is 35.1 Å². The third kappa shape index (κ3) is 4.58. The fourth-order valence-corrected chi connectivity index (χ4v) is 3.64. The summed E-state index contributed by atoms with van der Waals surface area (Å²) in [6.45, 7) is 0. The highest BCUT2D eigenvalue weighted by atomic mass is 35.5. The molecule has 0 aromatic heterocycles. The molecule has 0 spiro atoms. The van der Waals surface area contributed by atoms with E-state index in [2.05, 4.69) is 10.6 Å². The highest BCUT2D eigenvalue weighted by Gasteiger charge is 2.36. The van der Waals surface area contributed by atoms with Crippen LogP contribution in [0.4, 0.5) is 16.2 Å². The number of urea groups is 1. The lowest BCUT2D eigenvalue weighted by molar-refractivity contribution is -0.138. The molecule has 3 rings (SSSR count). The Bertz CT molecular complexity index is 848. The molecule has 2 aromatic rings. The van der Waals surface area contributed by atoms with E-state index in [1.165, 1.54) is 4.90 Å². The fourth-order valence-electron chi connectivity index (χ4n) is 3.02. The molecule has 0 aliphatic carbocycles. The van der Waals surface area contributed by atoms with E-state index in [4.69, 9.17) is 23.2 Å². The van der Waals surface area contributed by atoms with Crippen LogP contribution in [-0.2, 0) is 4.79 Å². The van der Waals surface area contributed by atoms with Crippen molar-refractivity contribution < 1.29 is 14.7 Å². The van der Waals surface area contributed by atoms with Gasteiger partial charge in [-0.15, -0.1) is 12.4 Å². The van der Waals surface area contributed by atoms with Gasteiger partial charge in [0.15, 0.2) is 0 Å². The van der Waals surface area contributed by atoms with Gasteiger partial charge in [-0.1, -0.05) is 41.4 Å². The molecule has 3 N–H and O–H groups in total. The van der Waals surface area contributed by atoms with Crippen molar-refractivity contribution in [2.45, 2.75) is 18.5 Å². The molecule has 2 unspecified atom stereocenters. The second-order valence-corrected chi connectivity index (χ2v) is 6.89. The third-order valence-corrected chi connectivity index (χ3v) is 4.86. The third-order valence-electron chi connectivity index (χ3n) is 4.33. The van der Waals surface area contributed by atoms with Crippen LogP contribution in [0.15, 0.2) is 42.5 Å². The number of nitrogens with zero attached hydrogens (tertiary/aromatic N) is 1. The Morgan fingerprint density at radius 3 is 2.52 bits per heavy atom. The first kappa shape index (κ1) is 21.2. The monoisotopic (exact) mass is 429 g/mol. The summed E-state index contributed by atoms with van der Waals surface area (Å²) in [6.07, 6.45) is 0.183. The zero-order valence-electron chi connectivity index (χ0n) is 14.3. The number of nitrogens with one attached hydrogen (secondary N) is 2. The summed E-state index contributed by atoms with van der Waals surface area (Å²) in [6, 6.07) is 10.5. The molecule has 0 bridgehead atoms. The Morgan fingerprint density at radius 1 is 1.22 bits per heavy atom. The standard InChI is InChI=1S/C18H17Cl2N3O3.ClH/c1-23(18(26)21-11-5-3-2-4-6-11)15-9-14(17(24)25)22-13-8-10(19)7-12(20)16(13)15;/h2-8,14-15,22H,9H2,1H3,(H,21,26)(H,24,25);1H. The first-order valence-corrected chi connectivity index (χ1v) is 8.69. The lowest BCUT2D eigenvalue weighted by atomic mass is 9.92. The maximum atomic E-state index is 12.7. The summed E-state index contributed by atoms with van der Waals surface area (Å²) in [5.74, 6) is -1.01. The summed E-state index contributed by atoms with van der Waals surface area (Å²) in [5.41, 5.74) is 1.82. The molecular weight excluding hydrogens is 413 g/mol. The minimum atomic E-state index is -1.01.